The summed E-state index contributed by atoms with van der Waals surface area (Å²) in [6.45, 7) is 0. The molecule has 0 amide bonds. The van der Waals surface area contributed by atoms with E-state index in [0.717, 1.165) is 11.4 Å². The molecule has 2 heterocycles. The average molecular weight is 801 g/mol. The van der Waals surface area contributed by atoms with Crippen LogP contribution in [0.5, 0.6) is 0 Å². The van der Waals surface area contributed by atoms with Crippen LogP contribution in [0.1, 0.15) is 22.6 Å². The molecule has 294 valence electrons. The fraction of sp³-hybridized carbons (Fsp3) is 0.0164. The predicted octanol–water partition coefficient (Wildman–Crippen LogP) is 16.0. The molecule has 1 aliphatic rings. The topological polar surface area (TPSA) is 9.86 Å². The molecule has 2 aromatic heterocycles. The van der Waals surface area contributed by atoms with Crippen molar-refractivity contribution in [3.05, 3.63) is 253 Å². The van der Waals surface area contributed by atoms with Gasteiger partial charge in [0.2, 0.25) is 0 Å². The molecule has 1 aliphatic carbocycles. The zero-order valence-corrected chi connectivity index (χ0v) is 34.5. The predicted molar refractivity (Wildman–Crippen MR) is 264 cm³/mol. The van der Waals surface area contributed by atoms with Crippen LogP contribution in [0.4, 0.5) is 0 Å². The fourth-order valence-electron chi connectivity index (χ4n) is 10.6. The van der Waals surface area contributed by atoms with Crippen LogP contribution in [0.2, 0.25) is 0 Å². The number of rotatable bonds is 6. The summed E-state index contributed by atoms with van der Waals surface area (Å²) in [4.78, 5) is 0. The highest BCUT2D eigenvalue weighted by atomic mass is 15.0. The van der Waals surface area contributed by atoms with Crippen LogP contribution in [-0.2, 0) is 0 Å². The van der Waals surface area contributed by atoms with Crippen molar-refractivity contribution in [2.45, 2.75) is 5.92 Å². The minimum absolute atomic E-state index is 0.261. The number of aromatic nitrogens is 2. The van der Waals surface area contributed by atoms with Gasteiger partial charge in [-0.2, -0.15) is 0 Å². The van der Waals surface area contributed by atoms with Gasteiger partial charge in [-0.25, -0.2) is 0 Å². The molecule has 0 bridgehead atoms. The second-order valence-electron chi connectivity index (χ2n) is 16.8. The Labute approximate surface area is 366 Å². The van der Waals surface area contributed by atoms with Gasteiger partial charge < -0.3 is 9.13 Å². The van der Waals surface area contributed by atoms with Crippen LogP contribution >= 0.6 is 0 Å². The Hall–Kier alpha value is -8.20. The Morgan fingerprint density at radius 3 is 1.38 bits per heavy atom. The molecule has 0 N–H and O–H groups in total. The van der Waals surface area contributed by atoms with Gasteiger partial charge in [0.1, 0.15) is 0 Å². The summed E-state index contributed by atoms with van der Waals surface area (Å²) >= 11 is 0. The normalized spacial score (nSPS) is 12.4. The number of para-hydroxylation sites is 3. The van der Waals surface area contributed by atoms with Gasteiger partial charge in [0.25, 0.3) is 0 Å². The van der Waals surface area contributed by atoms with Crippen molar-refractivity contribution in [1.29, 1.82) is 0 Å². The third kappa shape index (κ3) is 5.58. The molecule has 0 spiro atoms. The van der Waals surface area contributed by atoms with Gasteiger partial charge in [-0.15, -0.1) is 0 Å². The summed E-state index contributed by atoms with van der Waals surface area (Å²) in [5.74, 6) is 0.261. The Balaban J connectivity index is 0.831. The Morgan fingerprint density at radius 2 is 0.714 bits per heavy atom. The van der Waals surface area contributed by atoms with Gasteiger partial charge in [-0.05, 0) is 110 Å². The van der Waals surface area contributed by atoms with Crippen LogP contribution in [0.3, 0.4) is 0 Å². The summed E-state index contributed by atoms with van der Waals surface area (Å²) in [5.41, 5.74) is 21.2. The standard InChI is InChI=1S/C61H40N2/c1-2-13-46(14-3-1)63-56-22-10-8-17-51(56)52-38-35-45(39-59(52)63)48-21-12-24-58-61(48)55-20-9-11-23-57(55)62(58)47-36-33-43(34-37-47)41-27-25-40(26-28-41)42-29-31-44(32-30-42)60-53-18-6-4-15-49(53)50-16-5-7-19-54(50)60/h1-39,60H. The van der Waals surface area contributed by atoms with Gasteiger partial charge >= 0.3 is 0 Å². The van der Waals surface area contributed by atoms with Crippen molar-refractivity contribution in [1.82, 2.24) is 9.13 Å². The molecule has 0 unspecified atom stereocenters. The van der Waals surface area contributed by atoms with E-state index in [-0.39, 0.29) is 5.92 Å². The molecule has 10 aromatic carbocycles. The number of nitrogens with zero attached hydrogens (tertiary/aromatic N) is 2. The van der Waals surface area contributed by atoms with Gasteiger partial charge in [0.15, 0.2) is 0 Å². The summed E-state index contributed by atoms with van der Waals surface area (Å²) in [6.07, 6.45) is 0. The van der Waals surface area contributed by atoms with E-state index in [4.69, 9.17) is 0 Å². The number of hydrogen-bond donors (Lipinski definition) is 0. The second-order valence-corrected chi connectivity index (χ2v) is 16.8. The summed E-state index contributed by atoms with van der Waals surface area (Å²) in [6, 6.07) is 87.0. The van der Waals surface area contributed by atoms with Gasteiger partial charge in [0, 0.05) is 38.8 Å². The first-order valence-electron chi connectivity index (χ1n) is 21.9. The third-order valence-electron chi connectivity index (χ3n) is 13.5. The fourth-order valence-corrected chi connectivity index (χ4v) is 10.6. The van der Waals surface area contributed by atoms with Crippen molar-refractivity contribution in [2.75, 3.05) is 0 Å². The van der Waals surface area contributed by atoms with Gasteiger partial charge in [0.05, 0.1) is 22.1 Å². The van der Waals surface area contributed by atoms with Crippen LogP contribution in [0, 0.1) is 0 Å². The second kappa shape index (κ2) is 14.2. The van der Waals surface area contributed by atoms with E-state index in [1.54, 1.807) is 0 Å². The van der Waals surface area contributed by atoms with E-state index >= 15 is 0 Å². The maximum Gasteiger partial charge on any atom is 0.0547 e. The molecule has 0 aliphatic heterocycles. The smallest absolute Gasteiger partial charge is 0.0547 e. The summed E-state index contributed by atoms with van der Waals surface area (Å²) in [5, 5.41) is 5.03. The first kappa shape index (κ1) is 35.5. The average Bonchev–Trinajstić information content (AvgIpc) is 4.00. The Morgan fingerprint density at radius 1 is 0.270 bits per heavy atom. The highest BCUT2D eigenvalue weighted by Crippen LogP contribution is 2.48. The van der Waals surface area contributed by atoms with E-state index in [1.165, 1.54) is 105 Å². The molecule has 2 heteroatoms. The zero-order chi connectivity index (χ0) is 41.4. The van der Waals surface area contributed by atoms with Crippen molar-refractivity contribution < 1.29 is 0 Å². The van der Waals surface area contributed by atoms with E-state index < -0.39 is 0 Å². The quantitative estimate of drug-likeness (QED) is 0.159. The molecule has 12 aromatic rings. The van der Waals surface area contributed by atoms with Gasteiger partial charge in [-0.1, -0.05) is 188 Å². The maximum absolute atomic E-state index is 2.42. The lowest BCUT2D eigenvalue weighted by Gasteiger charge is -2.15. The summed E-state index contributed by atoms with van der Waals surface area (Å²) in [7, 11) is 0. The lowest BCUT2D eigenvalue weighted by molar-refractivity contribution is 1.02. The maximum atomic E-state index is 2.42. The third-order valence-corrected chi connectivity index (χ3v) is 13.5. The molecule has 2 nitrogen and oxygen atoms in total. The first-order valence-corrected chi connectivity index (χ1v) is 21.9. The molecule has 0 saturated heterocycles. The minimum atomic E-state index is 0.261. The Kier molecular flexibility index (Phi) is 8.01. The SMILES string of the molecule is c1ccc(-n2c3ccccc3c3ccc(-c4cccc5c4c4ccccc4n5-c4ccc(-c5ccc(-c6ccc(C7c8ccccc8-c8ccccc87)cc6)cc5)cc4)cc32)cc1. The zero-order valence-electron chi connectivity index (χ0n) is 34.5. The molecule has 0 atom stereocenters. The number of benzene rings is 10. The molecular formula is C61H40N2. The van der Waals surface area contributed by atoms with Crippen LogP contribution in [0.15, 0.2) is 237 Å². The van der Waals surface area contributed by atoms with E-state index in [9.17, 15) is 0 Å². The largest absolute Gasteiger partial charge is 0.309 e. The minimum Gasteiger partial charge on any atom is -0.309 e. The monoisotopic (exact) mass is 800 g/mol. The van der Waals surface area contributed by atoms with Crippen LogP contribution < -0.4 is 0 Å². The summed E-state index contributed by atoms with van der Waals surface area (Å²) < 4.78 is 4.83. The molecule has 0 fully saturated rings. The van der Waals surface area contributed by atoms with Crippen molar-refractivity contribution in [3.63, 3.8) is 0 Å². The Bertz CT molecular complexity index is 3650. The molecule has 13 rings (SSSR count). The van der Waals surface area contributed by atoms with E-state index in [0.29, 0.717) is 0 Å². The van der Waals surface area contributed by atoms with Crippen molar-refractivity contribution >= 4 is 43.6 Å². The van der Waals surface area contributed by atoms with Gasteiger partial charge in [-0.3, -0.25) is 0 Å². The number of fused-ring (bicyclic) bond motifs is 9. The number of hydrogen-bond acceptors (Lipinski definition) is 0. The highest BCUT2D eigenvalue weighted by Gasteiger charge is 2.29. The lowest BCUT2D eigenvalue weighted by atomic mass is 9.88. The molecule has 0 saturated carbocycles. The van der Waals surface area contributed by atoms with E-state index in [2.05, 4.69) is 246 Å². The van der Waals surface area contributed by atoms with Crippen LogP contribution in [-0.4, -0.2) is 9.13 Å². The van der Waals surface area contributed by atoms with Crippen molar-refractivity contribution in [2.24, 2.45) is 0 Å². The first-order chi connectivity index (χ1) is 31.3. The lowest BCUT2D eigenvalue weighted by Crippen LogP contribution is -1.98. The van der Waals surface area contributed by atoms with Crippen LogP contribution in [0.25, 0.3) is 99.5 Å². The molecular weight excluding hydrogens is 761 g/mol. The van der Waals surface area contributed by atoms with Crippen molar-refractivity contribution in [3.8, 4) is 55.9 Å². The highest BCUT2D eigenvalue weighted by molar-refractivity contribution is 6.17. The van der Waals surface area contributed by atoms with E-state index in [1.807, 2.05) is 0 Å². The molecule has 63 heavy (non-hydrogen) atoms. The molecule has 0 radical (unpaired) electrons.